The summed E-state index contributed by atoms with van der Waals surface area (Å²) in [4.78, 5) is 4.30. The molecule has 1 N–H and O–H groups in total. The predicted molar refractivity (Wildman–Crippen MR) is 81.6 cm³/mol. The van der Waals surface area contributed by atoms with Gasteiger partial charge in [0.25, 0.3) is 0 Å². The second-order valence-corrected chi connectivity index (χ2v) is 5.18. The fourth-order valence-electron chi connectivity index (χ4n) is 2.07. The van der Waals surface area contributed by atoms with Crippen LogP contribution in [-0.4, -0.2) is 25.7 Å². The molecule has 0 fully saturated rings. The summed E-state index contributed by atoms with van der Waals surface area (Å²) in [7, 11) is 3.25. The van der Waals surface area contributed by atoms with Gasteiger partial charge in [0.15, 0.2) is 5.76 Å². The SMILES string of the molecule is COc1cccc(OC)c1-c1cnc(CNCC(C)C)o1. The highest BCUT2D eigenvalue weighted by Gasteiger charge is 2.16. The Kier molecular flexibility index (Phi) is 5.22. The number of ether oxygens (including phenoxy) is 2. The number of aromatic nitrogens is 1. The molecule has 0 radical (unpaired) electrons. The van der Waals surface area contributed by atoms with Crippen molar-refractivity contribution in [2.75, 3.05) is 20.8 Å². The summed E-state index contributed by atoms with van der Waals surface area (Å²) in [6.07, 6.45) is 1.70. The molecule has 0 atom stereocenters. The third kappa shape index (κ3) is 3.76. The fourth-order valence-corrected chi connectivity index (χ4v) is 2.07. The van der Waals surface area contributed by atoms with Gasteiger partial charge in [0.05, 0.1) is 27.0 Å². The maximum absolute atomic E-state index is 5.80. The van der Waals surface area contributed by atoms with Crippen molar-refractivity contribution >= 4 is 0 Å². The molecule has 0 aliphatic rings. The van der Waals surface area contributed by atoms with E-state index in [-0.39, 0.29) is 0 Å². The lowest BCUT2D eigenvalue weighted by atomic mass is 10.1. The molecule has 21 heavy (non-hydrogen) atoms. The topological polar surface area (TPSA) is 56.5 Å². The van der Waals surface area contributed by atoms with Gasteiger partial charge in [-0.05, 0) is 24.6 Å². The molecule has 114 valence electrons. The van der Waals surface area contributed by atoms with Crippen LogP contribution in [0, 0.1) is 5.92 Å². The van der Waals surface area contributed by atoms with E-state index < -0.39 is 0 Å². The zero-order chi connectivity index (χ0) is 15.2. The van der Waals surface area contributed by atoms with Crippen LogP contribution in [-0.2, 0) is 6.54 Å². The molecule has 0 aliphatic carbocycles. The molecular weight excluding hydrogens is 268 g/mol. The summed E-state index contributed by atoms with van der Waals surface area (Å²) in [6, 6.07) is 5.62. The first-order valence-electron chi connectivity index (χ1n) is 7.02. The zero-order valence-corrected chi connectivity index (χ0v) is 13.0. The second-order valence-electron chi connectivity index (χ2n) is 5.18. The maximum atomic E-state index is 5.80. The molecule has 0 unspecified atom stereocenters. The van der Waals surface area contributed by atoms with E-state index in [1.54, 1.807) is 20.4 Å². The quantitative estimate of drug-likeness (QED) is 0.849. The molecule has 0 aliphatic heterocycles. The van der Waals surface area contributed by atoms with Crippen LogP contribution in [0.15, 0.2) is 28.8 Å². The van der Waals surface area contributed by atoms with Crippen molar-refractivity contribution in [2.45, 2.75) is 20.4 Å². The predicted octanol–water partition coefficient (Wildman–Crippen LogP) is 3.10. The Balaban J connectivity index is 2.21. The van der Waals surface area contributed by atoms with E-state index in [0.29, 0.717) is 35.6 Å². The summed E-state index contributed by atoms with van der Waals surface area (Å²) >= 11 is 0. The van der Waals surface area contributed by atoms with Crippen LogP contribution < -0.4 is 14.8 Å². The van der Waals surface area contributed by atoms with Crippen LogP contribution in [0.4, 0.5) is 0 Å². The number of rotatable bonds is 7. The Hall–Kier alpha value is -2.01. The second kappa shape index (κ2) is 7.13. The average molecular weight is 290 g/mol. The number of hydrogen-bond acceptors (Lipinski definition) is 5. The number of hydrogen-bond donors (Lipinski definition) is 1. The molecule has 0 bridgehead atoms. The molecule has 5 nitrogen and oxygen atoms in total. The molecular formula is C16H22N2O3. The first-order valence-corrected chi connectivity index (χ1v) is 7.02. The van der Waals surface area contributed by atoms with Gasteiger partial charge in [-0.15, -0.1) is 0 Å². The lowest BCUT2D eigenvalue weighted by Gasteiger charge is -2.10. The number of oxazole rings is 1. The Labute approximate surface area is 125 Å². The van der Waals surface area contributed by atoms with Gasteiger partial charge in [-0.25, -0.2) is 4.98 Å². The van der Waals surface area contributed by atoms with Gasteiger partial charge in [-0.1, -0.05) is 19.9 Å². The van der Waals surface area contributed by atoms with Crippen molar-refractivity contribution in [1.82, 2.24) is 10.3 Å². The molecule has 0 amide bonds. The third-order valence-corrected chi connectivity index (χ3v) is 3.06. The molecule has 0 saturated carbocycles. The molecule has 2 rings (SSSR count). The molecule has 0 saturated heterocycles. The highest BCUT2D eigenvalue weighted by Crippen LogP contribution is 2.38. The van der Waals surface area contributed by atoms with Crippen molar-refractivity contribution in [3.05, 3.63) is 30.3 Å². The smallest absolute Gasteiger partial charge is 0.208 e. The molecule has 1 aromatic heterocycles. The number of nitrogens with zero attached hydrogens (tertiary/aromatic N) is 1. The summed E-state index contributed by atoms with van der Waals surface area (Å²) in [5.41, 5.74) is 0.783. The van der Waals surface area contributed by atoms with Gasteiger partial charge in [0, 0.05) is 0 Å². The van der Waals surface area contributed by atoms with E-state index in [2.05, 4.69) is 24.1 Å². The number of nitrogens with one attached hydrogen (secondary N) is 1. The third-order valence-electron chi connectivity index (χ3n) is 3.06. The normalized spacial score (nSPS) is 10.9. The average Bonchev–Trinajstić information content (AvgIpc) is 2.94. The van der Waals surface area contributed by atoms with Crippen molar-refractivity contribution in [3.8, 4) is 22.8 Å². The Morgan fingerprint density at radius 1 is 1.19 bits per heavy atom. The molecule has 2 aromatic rings. The summed E-state index contributed by atoms with van der Waals surface area (Å²) in [5.74, 6) is 3.29. The van der Waals surface area contributed by atoms with E-state index in [0.717, 1.165) is 12.1 Å². The minimum absolute atomic E-state index is 0.591. The van der Waals surface area contributed by atoms with Crippen molar-refractivity contribution in [2.24, 2.45) is 5.92 Å². The van der Waals surface area contributed by atoms with E-state index in [1.807, 2.05) is 18.2 Å². The van der Waals surface area contributed by atoms with Gasteiger partial charge in [-0.3, -0.25) is 0 Å². The first kappa shape index (κ1) is 15.4. The minimum atomic E-state index is 0.591. The lowest BCUT2D eigenvalue weighted by molar-refractivity contribution is 0.392. The Morgan fingerprint density at radius 2 is 1.86 bits per heavy atom. The summed E-state index contributed by atoms with van der Waals surface area (Å²) in [6.45, 7) is 5.85. The first-order chi connectivity index (χ1) is 10.2. The van der Waals surface area contributed by atoms with Gasteiger partial charge in [0.1, 0.15) is 17.1 Å². The lowest BCUT2D eigenvalue weighted by Crippen LogP contribution is -2.18. The van der Waals surface area contributed by atoms with Gasteiger partial charge < -0.3 is 19.2 Å². The van der Waals surface area contributed by atoms with Gasteiger partial charge in [-0.2, -0.15) is 0 Å². The Bertz CT molecular complexity index is 556. The van der Waals surface area contributed by atoms with Crippen molar-refractivity contribution < 1.29 is 13.9 Å². The fraction of sp³-hybridized carbons (Fsp3) is 0.438. The minimum Gasteiger partial charge on any atom is -0.496 e. The number of methoxy groups -OCH3 is 2. The largest absolute Gasteiger partial charge is 0.496 e. The molecule has 1 heterocycles. The molecule has 0 spiro atoms. The maximum Gasteiger partial charge on any atom is 0.208 e. The van der Waals surface area contributed by atoms with Crippen molar-refractivity contribution in [1.29, 1.82) is 0 Å². The van der Waals surface area contributed by atoms with E-state index >= 15 is 0 Å². The monoisotopic (exact) mass is 290 g/mol. The molecule has 1 aromatic carbocycles. The Morgan fingerprint density at radius 3 is 2.43 bits per heavy atom. The summed E-state index contributed by atoms with van der Waals surface area (Å²) < 4.78 is 16.6. The van der Waals surface area contributed by atoms with E-state index in [9.17, 15) is 0 Å². The van der Waals surface area contributed by atoms with Crippen LogP contribution in [0.1, 0.15) is 19.7 Å². The van der Waals surface area contributed by atoms with Crippen molar-refractivity contribution in [3.63, 3.8) is 0 Å². The van der Waals surface area contributed by atoms with E-state index in [1.165, 1.54) is 0 Å². The van der Waals surface area contributed by atoms with Crippen LogP contribution in [0.25, 0.3) is 11.3 Å². The van der Waals surface area contributed by atoms with E-state index in [4.69, 9.17) is 13.9 Å². The zero-order valence-electron chi connectivity index (χ0n) is 13.0. The highest BCUT2D eigenvalue weighted by atomic mass is 16.5. The van der Waals surface area contributed by atoms with Crippen LogP contribution in [0.3, 0.4) is 0 Å². The van der Waals surface area contributed by atoms with Gasteiger partial charge in [0.2, 0.25) is 5.89 Å². The van der Waals surface area contributed by atoms with Crippen LogP contribution in [0.2, 0.25) is 0 Å². The highest BCUT2D eigenvalue weighted by molar-refractivity contribution is 5.72. The van der Waals surface area contributed by atoms with Gasteiger partial charge >= 0.3 is 0 Å². The molecule has 5 heteroatoms. The number of benzene rings is 1. The standard InChI is InChI=1S/C16H22N2O3/c1-11(2)8-17-10-15-18-9-14(21-15)16-12(19-3)6-5-7-13(16)20-4/h5-7,9,11,17H,8,10H2,1-4H3. The van der Waals surface area contributed by atoms with Crippen LogP contribution in [0.5, 0.6) is 11.5 Å². The van der Waals surface area contributed by atoms with Crippen LogP contribution >= 0.6 is 0 Å². The summed E-state index contributed by atoms with van der Waals surface area (Å²) in [5, 5.41) is 3.30.